The number of aryl methyl sites for hydroxylation is 1. The third-order valence-corrected chi connectivity index (χ3v) is 3.18. The molecule has 0 spiro atoms. The van der Waals surface area contributed by atoms with Crippen molar-refractivity contribution in [1.82, 2.24) is 4.98 Å². The molecule has 0 unspecified atom stereocenters. The normalized spacial score (nSPS) is 10.4. The number of ketones is 1. The Bertz CT molecular complexity index is 508. The van der Waals surface area contributed by atoms with Crippen molar-refractivity contribution in [2.24, 2.45) is 0 Å². The van der Waals surface area contributed by atoms with Crippen LogP contribution in [0.3, 0.4) is 0 Å². The number of benzene rings is 1. The summed E-state index contributed by atoms with van der Waals surface area (Å²) < 4.78 is 13.0. The van der Waals surface area contributed by atoms with Gasteiger partial charge in [-0.1, -0.05) is 6.07 Å². The van der Waals surface area contributed by atoms with Gasteiger partial charge in [0.25, 0.3) is 0 Å². The van der Waals surface area contributed by atoms with Crippen molar-refractivity contribution < 1.29 is 9.18 Å². The SMILES string of the molecule is Cc1ccc(F)cc1CC(=O)c1cncs1. The van der Waals surface area contributed by atoms with Gasteiger partial charge in [0, 0.05) is 12.6 Å². The monoisotopic (exact) mass is 235 g/mol. The quantitative estimate of drug-likeness (QED) is 0.765. The van der Waals surface area contributed by atoms with Gasteiger partial charge in [-0.05, 0) is 30.2 Å². The average molecular weight is 235 g/mol. The summed E-state index contributed by atoms with van der Waals surface area (Å²) in [4.78, 5) is 16.2. The molecule has 1 heterocycles. The van der Waals surface area contributed by atoms with Gasteiger partial charge in [-0.15, -0.1) is 11.3 Å². The maximum atomic E-state index is 13.0. The number of aromatic nitrogens is 1. The molecule has 0 aliphatic carbocycles. The van der Waals surface area contributed by atoms with Crippen LogP contribution in [0, 0.1) is 12.7 Å². The van der Waals surface area contributed by atoms with Gasteiger partial charge in [0.05, 0.1) is 10.4 Å². The van der Waals surface area contributed by atoms with E-state index in [1.165, 1.54) is 23.5 Å². The van der Waals surface area contributed by atoms with Gasteiger partial charge < -0.3 is 0 Å². The van der Waals surface area contributed by atoms with Gasteiger partial charge in [0.1, 0.15) is 5.82 Å². The molecule has 2 aromatic rings. The molecule has 0 aliphatic rings. The third kappa shape index (κ3) is 2.33. The molecule has 1 aromatic carbocycles. The molecule has 0 N–H and O–H groups in total. The second kappa shape index (κ2) is 4.53. The predicted molar refractivity (Wildman–Crippen MR) is 61.3 cm³/mol. The Morgan fingerprint density at radius 3 is 3.00 bits per heavy atom. The second-order valence-electron chi connectivity index (χ2n) is 3.54. The van der Waals surface area contributed by atoms with E-state index < -0.39 is 0 Å². The summed E-state index contributed by atoms with van der Waals surface area (Å²) in [6.07, 6.45) is 1.77. The third-order valence-electron chi connectivity index (χ3n) is 2.37. The number of carbonyl (C=O) groups excluding carboxylic acids is 1. The van der Waals surface area contributed by atoms with Gasteiger partial charge in [-0.3, -0.25) is 9.78 Å². The highest BCUT2D eigenvalue weighted by Gasteiger charge is 2.10. The predicted octanol–water partition coefficient (Wildman–Crippen LogP) is 3.02. The van der Waals surface area contributed by atoms with Crippen LogP contribution in [-0.2, 0) is 6.42 Å². The van der Waals surface area contributed by atoms with Crippen LogP contribution in [-0.4, -0.2) is 10.8 Å². The number of nitrogens with zero attached hydrogens (tertiary/aromatic N) is 1. The minimum atomic E-state index is -0.308. The molecule has 0 bridgehead atoms. The first-order valence-corrected chi connectivity index (χ1v) is 5.71. The first kappa shape index (κ1) is 11.0. The lowest BCUT2D eigenvalue weighted by Gasteiger charge is -2.03. The molecule has 0 saturated heterocycles. The van der Waals surface area contributed by atoms with Crippen molar-refractivity contribution in [3.05, 3.63) is 51.7 Å². The molecule has 0 radical (unpaired) electrons. The smallest absolute Gasteiger partial charge is 0.178 e. The van der Waals surface area contributed by atoms with E-state index in [1.54, 1.807) is 17.8 Å². The number of halogens is 1. The lowest BCUT2D eigenvalue weighted by atomic mass is 10.0. The summed E-state index contributed by atoms with van der Waals surface area (Å²) in [5.41, 5.74) is 3.28. The van der Waals surface area contributed by atoms with Gasteiger partial charge >= 0.3 is 0 Å². The van der Waals surface area contributed by atoms with Crippen LogP contribution in [0.1, 0.15) is 20.8 Å². The Hall–Kier alpha value is -1.55. The van der Waals surface area contributed by atoms with Crippen LogP contribution in [0.4, 0.5) is 4.39 Å². The van der Waals surface area contributed by atoms with Crippen LogP contribution in [0.25, 0.3) is 0 Å². The summed E-state index contributed by atoms with van der Waals surface area (Å²) in [6, 6.07) is 4.49. The van der Waals surface area contributed by atoms with Crippen LogP contribution >= 0.6 is 11.3 Å². The van der Waals surface area contributed by atoms with Gasteiger partial charge in [0.15, 0.2) is 5.78 Å². The van der Waals surface area contributed by atoms with Gasteiger partial charge in [-0.25, -0.2) is 4.39 Å². The fourth-order valence-electron chi connectivity index (χ4n) is 1.44. The number of hydrogen-bond acceptors (Lipinski definition) is 3. The van der Waals surface area contributed by atoms with E-state index in [1.807, 2.05) is 6.92 Å². The molecule has 16 heavy (non-hydrogen) atoms. The number of hydrogen-bond donors (Lipinski definition) is 0. The Balaban J connectivity index is 2.21. The first-order valence-electron chi connectivity index (χ1n) is 4.83. The standard InChI is InChI=1S/C12H10FNOS/c1-8-2-3-10(13)4-9(8)5-11(15)12-6-14-7-16-12/h2-4,6-7H,5H2,1H3. The van der Waals surface area contributed by atoms with Crippen LogP contribution in [0.2, 0.25) is 0 Å². The number of thiazole rings is 1. The fraction of sp³-hybridized carbons (Fsp3) is 0.167. The van der Waals surface area contributed by atoms with E-state index in [2.05, 4.69) is 4.98 Å². The molecule has 0 fully saturated rings. The van der Waals surface area contributed by atoms with Crippen molar-refractivity contribution in [3.8, 4) is 0 Å². The van der Waals surface area contributed by atoms with E-state index in [0.29, 0.717) is 4.88 Å². The molecule has 0 saturated carbocycles. The molecule has 82 valence electrons. The summed E-state index contributed by atoms with van der Waals surface area (Å²) in [5.74, 6) is -0.325. The maximum Gasteiger partial charge on any atom is 0.178 e. The zero-order chi connectivity index (χ0) is 11.5. The topological polar surface area (TPSA) is 30.0 Å². The molecule has 0 atom stereocenters. The summed E-state index contributed by atoms with van der Waals surface area (Å²) in [5, 5.41) is 0. The van der Waals surface area contributed by atoms with Crippen molar-refractivity contribution in [3.63, 3.8) is 0 Å². The van der Waals surface area contributed by atoms with E-state index >= 15 is 0 Å². The zero-order valence-corrected chi connectivity index (χ0v) is 9.55. The van der Waals surface area contributed by atoms with E-state index in [-0.39, 0.29) is 18.0 Å². The lowest BCUT2D eigenvalue weighted by Crippen LogP contribution is -2.03. The summed E-state index contributed by atoms with van der Waals surface area (Å²) in [7, 11) is 0. The summed E-state index contributed by atoms with van der Waals surface area (Å²) >= 11 is 1.31. The molecular formula is C12H10FNOS. The molecule has 0 aliphatic heterocycles. The number of rotatable bonds is 3. The van der Waals surface area contributed by atoms with Crippen molar-refractivity contribution in [1.29, 1.82) is 0 Å². The molecule has 2 nitrogen and oxygen atoms in total. The average Bonchev–Trinajstić information content (AvgIpc) is 2.76. The minimum absolute atomic E-state index is 0.0174. The van der Waals surface area contributed by atoms with Gasteiger partial charge in [0.2, 0.25) is 0 Å². The Labute approximate surface area is 96.8 Å². The molecule has 4 heteroatoms. The molecule has 2 rings (SSSR count). The molecule has 1 aromatic heterocycles. The van der Waals surface area contributed by atoms with E-state index in [4.69, 9.17) is 0 Å². The highest BCUT2D eigenvalue weighted by Crippen LogP contribution is 2.15. The maximum absolute atomic E-state index is 13.0. The largest absolute Gasteiger partial charge is 0.293 e. The van der Waals surface area contributed by atoms with Crippen LogP contribution in [0.15, 0.2) is 29.9 Å². The van der Waals surface area contributed by atoms with Crippen molar-refractivity contribution >= 4 is 17.1 Å². The van der Waals surface area contributed by atoms with Crippen molar-refractivity contribution in [2.45, 2.75) is 13.3 Å². The second-order valence-corrected chi connectivity index (χ2v) is 4.42. The van der Waals surface area contributed by atoms with Crippen LogP contribution < -0.4 is 0 Å². The first-order chi connectivity index (χ1) is 7.66. The Morgan fingerprint density at radius 1 is 1.50 bits per heavy atom. The van der Waals surface area contributed by atoms with Crippen LogP contribution in [0.5, 0.6) is 0 Å². The van der Waals surface area contributed by atoms with Gasteiger partial charge in [-0.2, -0.15) is 0 Å². The van der Waals surface area contributed by atoms with E-state index in [0.717, 1.165) is 11.1 Å². The van der Waals surface area contributed by atoms with E-state index in [9.17, 15) is 9.18 Å². The number of carbonyl (C=O) groups is 1. The molecule has 0 amide bonds. The van der Waals surface area contributed by atoms with Crippen molar-refractivity contribution in [2.75, 3.05) is 0 Å². The summed E-state index contributed by atoms with van der Waals surface area (Å²) in [6.45, 7) is 1.87. The fourth-order valence-corrected chi connectivity index (χ4v) is 2.00. The zero-order valence-electron chi connectivity index (χ0n) is 8.74. The highest BCUT2D eigenvalue weighted by molar-refractivity contribution is 7.11. The Morgan fingerprint density at radius 2 is 2.31 bits per heavy atom. The lowest BCUT2D eigenvalue weighted by molar-refractivity contribution is 0.0996. The Kier molecular flexibility index (Phi) is 3.10. The molecular weight excluding hydrogens is 225 g/mol. The number of Topliss-reactive ketones (excluding diaryl/α,β-unsaturated/α-hetero) is 1. The minimum Gasteiger partial charge on any atom is -0.293 e. The highest BCUT2D eigenvalue weighted by atomic mass is 32.1.